The number of carbonyl (C=O) groups is 1. The number of hydrogen-bond acceptors (Lipinski definition) is 3. The first kappa shape index (κ1) is 14.0. The lowest BCUT2D eigenvalue weighted by atomic mass is 9.97. The van der Waals surface area contributed by atoms with E-state index in [0.717, 1.165) is 16.4 Å². The molecular weight excluding hydrogens is 298 g/mol. The molecule has 0 atom stereocenters. The predicted molar refractivity (Wildman–Crippen MR) is 93.9 cm³/mol. The summed E-state index contributed by atoms with van der Waals surface area (Å²) >= 11 is 0. The second kappa shape index (κ2) is 5.25. The Labute approximate surface area is 138 Å². The molecule has 0 saturated heterocycles. The Morgan fingerprint density at radius 2 is 1.83 bits per heavy atom. The number of benzene rings is 2. The average molecular weight is 311 g/mol. The van der Waals surface area contributed by atoms with Gasteiger partial charge in [-0.25, -0.2) is 0 Å². The van der Waals surface area contributed by atoms with Crippen molar-refractivity contribution in [3.05, 3.63) is 83.6 Å². The van der Waals surface area contributed by atoms with E-state index in [-0.39, 0.29) is 5.78 Å². The van der Waals surface area contributed by atoms with Crippen molar-refractivity contribution in [1.29, 1.82) is 5.26 Å². The van der Waals surface area contributed by atoms with Crippen LogP contribution in [0.3, 0.4) is 0 Å². The summed E-state index contributed by atoms with van der Waals surface area (Å²) in [5.74, 6) is -0.127. The Kier molecular flexibility index (Phi) is 3.07. The van der Waals surface area contributed by atoms with Crippen molar-refractivity contribution in [2.75, 3.05) is 5.73 Å². The third kappa shape index (κ3) is 2.11. The first-order valence-electron chi connectivity index (χ1n) is 7.51. The molecule has 24 heavy (non-hydrogen) atoms. The number of nitrogens with zero attached hydrogens (tertiary/aromatic N) is 2. The summed E-state index contributed by atoms with van der Waals surface area (Å²) in [5.41, 5.74) is 9.63. The molecule has 4 nitrogen and oxygen atoms in total. The highest BCUT2D eigenvalue weighted by molar-refractivity contribution is 6.16. The molecule has 2 heterocycles. The summed E-state index contributed by atoms with van der Waals surface area (Å²) in [7, 11) is 0. The van der Waals surface area contributed by atoms with E-state index in [1.165, 1.54) is 0 Å². The van der Waals surface area contributed by atoms with Crippen LogP contribution in [0.2, 0.25) is 0 Å². The first-order chi connectivity index (χ1) is 11.7. The molecule has 0 bridgehead atoms. The van der Waals surface area contributed by atoms with Crippen LogP contribution >= 0.6 is 0 Å². The molecule has 2 aromatic heterocycles. The zero-order chi connectivity index (χ0) is 16.7. The average Bonchev–Trinajstić information content (AvgIpc) is 3.09. The number of ketones is 1. The quantitative estimate of drug-likeness (QED) is 0.452. The van der Waals surface area contributed by atoms with E-state index < -0.39 is 0 Å². The van der Waals surface area contributed by atoms with E-state index >= 15 is 0 Å². The molecule has 0 aliphatic carbocycles. The van der Waals surface area contributed by atoms with Crippen molar-refractivity contribution in [1.82, 2.24) is 4.40 Å². The summed E-state index contributed by atoms with van der Waals surface area (Å²) in [4.78, 5) is 13.0. The second-order valence-electron chi connectivity index (χ2n) is 5.66. The van der Waals surface area contributed by atoms with Crippen molar-refractivity contribution < 1.29 is 4.79 Å². The highest BCUT2D eigenvalue weighted by Crippen LogP contribution is 2.26. The van der Waals surface area contributed by atoms with E-state index in [1.54, 1.807) is 36.4 Å². The second-order valence-corrected chi connectivity index (χ2v) is 5.66. The van der Waals surface area contributed by atoms with E-state index in [0.29, 0.717) is 22.4 Å². The Balaban J connectivity index is 2.05. The van der Waals surface area contributed by atoms with Crippen molar-refractivity contribution in [3.8, 4) is 6.07 Å². The van der Waals surface area contributed by atoms with Gasteiger partial charge in [-0.1, -0.05) is 6.07 Å². The third-order valence-corrected chi connectivity index (χ3v) is 4.14. The normalized spacial score (nSPS) is 10.8. The van der Waals surface area contributed by atoms with Crippen LogP contribution in [0.1, 0.15) is 21.5 Å². The molecule has 0 unspecified atom stereocenters. The minimum Gasteiger partial charge on any atom is -0.399 e. The molecule has 0 aliphatic heterocycles. The maximum absolute atomic E-state index is 13.0. The van der Waals surface area contributed by atoms with Crippen molar-refractivity contribution >= 4 is 27.9 Å². The van der Waals surface area contributed by atoms with Crippen molar-refractivity contribution in [3.63, 3.8) is 0 Å². The largest absolute Gasteiger partial charge is 0.399 e. The Morgan fingerprint density at radius 3 is 2.58 bits per heavy atom. The molecule has 2 aromatic carbocycles. The van der Waals surface area contributed by atoms with Gasteiger partial charge in [0.15, 0.2) is 5.78 Å². The topological polar surface area (TPSA) is 71.3 Å². The van der Waals surface area contributed by atoms with Crippen LogP contribution in [-0.4, -0.2) is 10.2 Å². The van der Waals surface area contributed by atoms with Crippen LogP contribution in [0, 0.1) is 11.3 Å². The van der Waals surface area contributed by atoms with E-state index in [2.05, 4.69) is 6.07 Å². The number of aromatic nitrogens is 1. The number of fused-ring (bicyclic) bond motifs is 3. The Morgan fingerprint density at radius 1 is 1.04 bits per heavy atom. The molecule has 4 heteroatoms. The number of pyridine rings is 1. The fourth-order valence-corrected chi connectivity index (χ4v) is 2.99. The third-order valence-electron chi connectivity index (χ3n) is 4.14. The van der Waals surface area contributed by atoms with Crippen LogP contribution in [0.5, 0.6) is 0 Å². The number of nitrogen functional groups attached to an aromatic ring is 1. The fourth-order valence-electron chi connectivity index (χ4n) is 2.99. The molecule has 0 fully saturated rings. The number of rotatable bonds is 2. The lowest BCUT2D eigenvalue weighted by molar-refractivity contribution is 0.104. The fraction of sp³-hybridized carbons (Fsp3) is 0. The zero-order valence-electron chi connectivity index (χ0n) is 12.7. The molecule has 4 rings (SSSR count). The lowest BCUT2D eigenvalue weighted by Crippen LogP contribution is -2.05. The molecule has 0 saturated carbocycles. The number of anilines is 1. The van der Waals surface area contributed by atoms with Crippen molar-refractivity contribution in [2.45, 2.75) is 0 Å². The molecule has 0 aliphatic rings. The molecule has 2 N–H and O–H groups in total. The van der Waals surface area contributed by atoms with E-state index in [9.17, 15) is 10.1 Å². The highest BCUT2D eigenvalue weighted by Gasteiger charge is 2.16. The molecular formula is C20H13N3O. The molecule has 114 valence electrons. The maximum Gasteiger partial charge on any atom is 0.195 e. The summed E-state index contributed by atoms with van der Waals surface area (Å²) in [5, 5.41) is 10.2. The maximum atomic E-state index is 13.0. The van der Waals surface area contributed by atoms with Gasteiger partial charge < -0.3 is 10.1 Å². The predicted octanol–water partition coefficient (Wildman–Crippen LogP) is 3.78. The summed E-state index contributed by atoms with van der Waals surface area (Å²) < 4.78 is 1.97. The number of carbonyl (C=O) groups excluding carboxylic acids is 1. The van der Waals surface area contributed by atoms with Gasteiger partial charge in [-0.15, -0.1) is 0 Å². The summed E-state index contributed by atoms with van der Waals surface area (Å²) in [6.45, 7) is 0. The van der Waals surface area contributed by atoms with Crippen LogP contribution in [0.4, 0.5) is 5.69 Å². The van der Waals surface area contributed by atoms with Crippen LogP contribution in [0.25, 0.3) is 16.4 Å². The van der Waals surface area contributed by atoms with Gasteiger partial charge >= 0.3 is 0 Å². The molecule has 0 amide bonds. The Hall–Kier alpha value is -3.58. The van der Waals surface area contributed by atoms with Crippen LogP contribution in [0.15, 0.2) is 66.9 Å². The molecule has 4 aromatic rings. The van der Waals surface area contributed by atoms with Gasteiger partial charge in [-0.2, -0.15) is 5.26 Å². The van der Waals surface area contributed by atoms with Crippen LogP contribution < -0.4 is 5.73 Å². The van der Waals surface area contributed by atoms with Gasteiger partial charge in [0.05, 0.1) is 17.1 Å². The molecule has 0 spiro atoms. The standard InChI is InChI=1S/C20H13N3O/c21-12-13-10-15-5-8-17-2-1-9-23(17)19(15)18(11-13)20(24)14-3-6-16(22)7-4-14/h1-11H,22H2. The van der Waals surface area contributed by atoms with Crippen molar-refractivity contribution in [2.24, 2.45) is 0 Å². The van der Waals surface area contributed by atoms with Gasteiger partial charge in [0, 0.05) is 33.9 Å². The number of nitriles is 1. The van der Waals surface area contributed by atoms with Crippen LogP contribution in [-0.2, 0) is 0 Å². The lowest BCUT2D eigenvalue weighted by Gasteiger charge is -2.10. The van der Waals surface area contributed by atoms with E-state index in [1.807, 2.05) is 34.9 Å². The number of nitrogens with two attached hydrogens (primary N) is 1. The van der Waals surface area contributed by atoms with E-state index in [4.69, 9.17) is 5.73 Å². The minimum absolute atomic E-state index is 0.127. The van der Waals surface area contributed by atoms with Gasteiger partial charge in [-0.05, 0) is 54.6 Å². The summed E-state index contributed by atoms with van der Waals surface area (Å²) in [6.07, 6.45) is 1.92. The minimum atomic E-state index is -0.127. The van der Waals surface area contributed by atoms with Gasteiger partial charge in [0.2, 0.25) is 0 Å². The monoisotopic (exact) mass is 311 g/mol. The zero-order valence-corrected chi connectivity index (χ0v) is 12.7. The SMILES string of the molecule is N#Cc1cc(C(=O)c2ccc(N)cc2)c2c(ccc3cccn32)c1. The van der Waals surface area contributed by atoms with Gasteiger partial charge in [0.1, 0.15) is 0 Å². The Bertz CT molecular complexity index is 1130. The summed E-state index contributed by atoms with van der Waals surface area (Å²) in [6, 6.07) is 20.2. The highest BCUT2D eigenvalue weighted by atomic mass is 16.1. The first-order valence-corrected chi connectivity index (χ1v) is 7.51. The van der Waals surface area contributed by atoms with Gasteiger partial charge in [-0.3, -0.25) is 4.79 Å². The smallest absolute Gasteiger partial charge is 0.195 e. The number of hydrogen-bond donors (Lipinski definition) is 1. The molecule has 0 radical (unpaired) electrons. The van der Waals surface area contributed by atoms with Gasteiger partial charge in [0.25, 0.3) is 0 Å².